The summed E-state index contributed by atoms with van der Waals surface area (Å²) in [4.78, 5) is 14.8. The van der Waals surface area contributed by atoms with E-state index < -0.39 is 26.1 Å². The maximum atomic E-state index is 13.6. The smallest absolute Gasteiger partial charge is 0.236 e. The lowest BCUT2D eigenvalue weighted by atomic mass is 9.76. The Morgan fingerprint density at radius 1 is 1.16 bits per heavy atom. The van der Waals surface area contributed by atoms with E-state index >= 15 is 0 Å². The fourth-order valence-corrected chi connectivity index (χ4v) is 6.73. The average Bonchev–Trinajstić information content (AvgIpc) is 2.79. The van der Waals surface area contributed by atoms with Gasteiger partial charge in [-0.2, -0.15) is 0 Å². The second-order valence-corrected chi connectivity index (χ2v) is 11.6. The summed E-state index contributed by atoms with van der Waals surface area (Å²) in [7, 11) is -3.81. The van der Waals surface area contributed by atoms with Crippen LogP contribution in [0.15, 0.2) is 47.4 Å². The van der Waals surface area contributed by atoms with Gasteiger partial charge in [0.15, 0.2) is 9.84 Å². The lowest BCUT2D eigenvalue weighted by Gasteiger charge is -2.45. The molecule has 2 aliphatic rings. The van der Waals surface area contributed by atoms with E-state index in [0.717, 1.165) is 0 Å². The molecule has 2 aromatic rings. The zero-order chi connectivity index (χ0) is 22.6. The summed E-state index contributed by atoms with van der Waals surface area (Å²) in [5.74, 6) is 0.439. The van der Waals surface area contributed by atoms with Crippen molar-refractivity contribution in [2.75, 3.05) is 18.1 Å². The minimum absolute atomic E-state index is 0.0379. The predicted octanol–water partition coefficient (Wildman–Crippen LogP) is 3.94. The zero-order valence-electron chi connectivity index (χ0n) is 17.8. The van der Waals surface area contributed by atoms with Crippen molar-refractivity contribution in [3.8, 4) is 5.75 Å². The summed E-state index contributed by atoms with van der Waals surface area (Å²) in [6.45, 7) is 6.23. The van der Waals surface area contributed by atoms with E-state index in [1.165, 1.54) is 12.1 Å². The SMILES string of the molecule is CCN1C(=O)C(C)(C)COc2cc(C3(S(=O)(=O)c4ccc(Cl)cc4)CC(O)C3)ccc21. The number of aliphatic hydroxyl groups excluding tert-OH is 1. The van der Waals surface area contributed by atoms with Crippen LogP contribution < -0.4 is 9.64 Å². The van der Waals surface area contributed by atoms with Gasteiger partial charge in [0.2, 0.25) is 5.91 Å². The Kier molecular flexibility index (Phi) is 5.35. The quantitative estimate of drug-likeness (QED) is 0.742. The van der Waals surface area contributed by atoms with Crippen LogP contribution in [0.1, 0.15) is 39.2 Å². The highest BCUT2D eigenvalue weighted by molar-refractivity contribution is 7.92. The molecule has 31 heavy (non-hydrogen) atoms. The zero-order valence-corrected chi connectivity index (χ0v) is 19.3. The molecule has 0 unspecified atom stereocenters. The standard InChI is InChI=1S/C23H26ClNO5S/c1-4-25-19-10-5-15(11-20(19)30-14-22(2,3)21(25)27)23(12-17(26)13-23)31(28,29)18-8-6-16(24)7-9-18/h5-11,17,26H,4,12-14H2,1-3H3. The summed E-state index contributed by atoms with van der Waals surface area (Å²) in [5, 5.41) is 10.5. The lowest BCUT2D eigenvalue weighted by Crippen LogP contribution is -2.50. The molecule has 1 amide bonds. The van der Waals surface area contributed by atoms with Gasteiger partial charge in [0.1, 0.15) is 17.1 Å². The second-order valence-electron chi connectivity index (χ2n) is 8.92. The van der Waals surface area contributed by atoms with Gasteiger partial charge in [-0.1, -0.05) is 17.7 Å². The van der Waals surface area contributed by atoms with E-state index in [-0.39, 0.29) is 30.3 Å². The highest BCUT2D eigenvalue weighted by Gasteiger charge is 2.55. The maximum absolute atomic E-state index is 13.6. The number of ether oxygens (including phenoxy) is 1. The van der Waals surface area contributed by atoms with Crippen LogP contribution in [0.5, 0.6) is 5.75 Å². The van der Waals surface area contributed by atoms with E-state index in [4.69, 9.17) is 16.3 Å². The lowest BCUT2D eigenvalue weighted by molar-refractivity contribution is -0.127. The topological polar surface area (TPSA) is 83.9 Å². The molecular weight excluding hydrogens is 438 g/mol. The molecule has 1 saturated carbocycles. The van der Waals surface area contributed by atoms with Crippen LogP contribution in [0.3, 0.4) is 0 Å². The van der Waals surface area contributed by atoms with Crippen LogP contribution in [-0.4, -0.2) is 38.7 Å². The van der Waals surface area contributed by atoms with Gasteiger partial charge in [-0.05, 0) is 75.6 Å². The summed E-state index contributed by atoms with van der Waals surface area (Å²) in [5.41, 5.74) is 0.477. The van der Waals surface area contributed by atoms with Crippen LogP contribution in [0, 0.1) is 5.41 Å². The van der Waals surface area contributed by atoms with Crippen LogP contribution >= 0.6 is 11.6 Å². The molecule has 8 heteroatoms. The molecule has 0 aromatic heterocycles. The van der Waals surface area contributed by atoms with Gasteiger partial charge >= 0.3 is 0 Å². The third kappa shape index (κ3) is 3.43. The molecular formula is C23H26ClNO5S. The second kappa shape index (κ2) is 7.50. The highest BCUT2D eigenvalue weighted by Crippen LogP contribution is 2.52. The van der Waals surface area contributed by atoms with Crippen molar-refractivity contribution < 1.29 is 23.1 Å². The molecule has 6 nitrogen and oxygen atoms in total. The van der Waals surface area contributed by atoms with Crippen molar-refractivity contribution in [2.24, 2.45) is 5.41 Å². The number of halogens is 1. The molecule has 166 valence electrons. The number of carbonyl (C=O) groups excluding carboxylic acids is 1. The molecule has 4 rings (SSSR count). The largest absolute Gasteiger partial charge is 0.490 e. The van der Waals surface area contributed by atoms with Crippen molar-refractivity contribution in [2.45, 2.75) is 49.4 Å². The Morgan fingerprint density at radius 2 is 1.81 bits per heavy atom. The van der Waals surface area contributed by atoms with Crippen molar-refractivity contribution >= 4 is 33.0 Å². The van der Waals surface area contributed by atoms with E-state index in [2.05, 4.69) is 0 Å². The van der Waals surface area contributed by atoms with Gasteiger partial charge in [0.25, 0.3) is 0 Å². The molecule has 1 fully saturated rings. The van der Waals surface area contributed by atoms with Gasteiger partial charge in [-0.25, -0.2) is 8.42 Å². The first-order valence-corrected chi connectivity index (χ1v) is 12.2. The number of aliphatic hydroxyl groups is 1. The number of rotatable bonds is 4. The monoisotopic (exact) mass is 463 g/mol. The van der Waals surface area contributed by atoms with Crippen molar-refractivity contribution in [3.63, 3.8) is 0 Å². The minimum atomic E-state index is -3.81. The van der Waals surface area contributed by atoms with E-state index in [1.807, 2.05) is 20.8 Å². The molecule has 0 bridgehead atoms. The summed E-state index contributed by atoms with van der Waals surface area (Å²) < 4.78 is 32.0. The fourth-order valence-electron chi connectivity index (χ4n) is 4.40. The summed E-state index contributed by atoms with van der Waals surface area (Å²) in [6, 6.07) is 11.3. The predicted molar refractivity (Wildman–Crippen MR) is 119 cm³/mol. The molecule has 0 radical (unpaired) electrons. The molecule has 1 aliphatic heterocycles. The number of hydrogen-bond donors (Lipinski definition) is 1. The van der Waals surface area contributed by atoms with E-state index in [0.29, 0.717) is 28.6 Å². The first kappa shape index (κ1) is 22.1. The Morgan fingerprint density at radius 3 is 2.39 bits per heavy atom. The molecule has 0 saturated heterocycles. The molecule has 0 atom stereocenters. The Hall–Kier alpha value is -2.09. The third-order valence-electron chi connectivity index (χ3n) is 6.27. The van der Waals surface area contributed by atoms with Crippen LogP contribution in [0.25, 0.3) is 0 Å². The number of amides is 1. The number of nitrogens with zero attached hydrogens (tertiary/aromatic N) is 1. The number of anilines is 1. The fraction of sp³-hybridized carbons (Fsp3) is 0.435. The first-order valence-electron chi connectivity index (χ1n) is 10.3. The average molecular weight is 464 g/mol. The van der Waals surface area contributed by atoms with Gasteiger partial charge in [0, 0.05) is 11.6 Å². The van der Waals surface area contributed by atoms with Gasteiger partial charge in [-0.15, -0.1) is 0 Å². The summed E-state index contributed by atoms with van der Waals surface area (Å²) >= 11 is 5.94. The summed E-state index contributed by atoms with van der Waals surface area (Å²) in [6.07, 6.45) is -0.508. The molecule has 1 N–H and O–H groups in total. The van der Waals surface area contributed by atoms with Crippen molar-refractivity contribution in [3.05, 3.63) is 53.1 Å². The Balaban J connectivity index is 1.82. The van der Waals surface area contributed by atoms with Gasteiger partial charge in [0.05, 0.1) is 22.1 Å². The van der Waals surface area contributed by atoms with Gasteiger partial charge < -0.3 is 14.7 Å². The molecule has 2 aromatic carbocycles. The van der Waals surface area contributed by atoms with Crippen LogP contribution in [0.2, 0.25) is 5.02 Å². The maximum Gasteiger partial charge on any atom is 0.236 e. The number of hydrogen-bond acceptors (Lipinski definition) is 5. The van der Waals surface area contributed by atoms with Crippen molar-refractivity contribution in [1.82, 2.24) is 0 Å². The van der Waals surface area contributed by atoms with Gasteiger partial charge in [-0.3, -0.25) is 4.79 Å². The van der Waals surface area contributed by atoms with Crippen LogP contribution in [0.4, 0.5) is 5.69 Å². The Labute approximate surface area is 187 Å². The van der Waals surface area contributed by atoms with E-state index in [9.17, 15) is 18.3 Å². The molecule has 0 spiro atoms. The third-order valence-corrected chi connectivity index (χ3v) is 9.02. The van der Waals surface area contributed by atoms with Crippen molar-refractivity contribution in [1.29, 1.82) is 0 Å². The minimum Gasteiger partial charge on any atom is -0.490 e. The van der Waals surface area contributed by atoms with Crippen LogP contribution in [-0.2, 0) is 19.4 Å². The van der Waals surface area contributed by atoms with E-state index in [1.54, 1.807) is 35.2 Å². The highest BCUT2D eigenvalue weighted by atomic mass is 35.5. The Bertz CT molecular complexity index is 1120. The number of fused-ring (bicyclic) bond motifs is 1. The number of sulfone groups is 1. The number of carbonyl (C=O) groups is 1. The molecule has 1 heterocycles. The molecule has 1 aliphatic carbocycles. The first-order chi connectivity index (χ1) is 14.5. The normalized spacial score (nSPS) is 25.3. The number of benzene rings is 2.